The van der Waals surface area contributed by atoms with Crippen LogP contribution in [0.3, 0.4) is 0 Å². The van der Waals surface area contributed by atoms with Gasteiger partial charge in [-0.15, -0.1) is 0 Å². The van der Waals surface area contributed by atoms with Gasteiger partial charge >= 0.3 is 0 Å². The molecule has 0 fully saturated rings. The summed E-state index contributed by atoms with van der Waals surface area (Å²) in [7, 11) is 0. The molecular formula is C28H22O2. The summed E-state index contributed by atoms with van der Waals surface area (Å²) in [4.78, 5) is 25.8. The number of rotatable bonds is 7. The van der Waals surface area contributed by atoms with Crippen LogP contribution in [0.15, 0.2) is 115 Å². The molecule has 0 amide bonds. The average molecular weight is 390 g/mol. The van der Waals surface area contributed by atoms with Crippen LogP contribution in [0.1, 0.15) is 43.3 Å². The Bertz CT molecular complexity index is 1090. The Morgan fingerprint density at radius 2 is 1.00 bits per heavy atom. The van der Waals surface area contributed by atoms with Gasteiger partial charge in [0.05, 0.1) is 0 Å². The molecule has 0 N–H and O–H groups in total. The van der Waals surface area contributed by atoms with Crippen molar-refractivity contribution >= 4 is 11.6 Å². The maximum absolute atomic E-state index is 13.1. The summed E-state index contributed by atoms with van der Waals surface area (Å²) in [5, 5.41) is 0. The molecule has 0 atom stereocenters. The fourth-order valence-electron chi connectivity index (χ4n) is 3.78. The van der Waals surface area contributed by atoms with E-state index in [1.807, 2.05) is 60.7 Å². The Hall–Kier alpha value is -3.78. The van der Waals surface area contributed by atoms with Crippen LogP contribution in [0.4, 0.5) is 0 Å². The standard InChI is InChI=1S/C28H22O2/c29-27(23-16-8-3-9-17-23)28(30)25-19-11-10-18-24(25)20-26(21-12-4-1-5-13-21)22-14-6-2-7-15-22/h1-19,26H,20H2. The zero-order valence-corrected chi connectivity index (χ0v) is 16.6. The van der Waals surface area contributed by atoms with Gasteiger partial charge in [0.25, 0.3) is 0 Å². The van der Waals surface area contributed by atoms with E-state index < -0.39 is 11.6 Å². The van der Waals surface area contributed by atoms with Crippen LogP contribution >= 0.6 is 0 Å². The van der Waals surface area contributed by atoms with Gasteiger partial charge < -0.3 is 0 Å². The molecule has 30 heavy (non-hydrogen) atoms. The lowest BCUT2D eigenvalue weighted by Gasteiger charge is -2.20. The van der Waals surface area contributed by atoms with Gasteiger partial charge in [-0.05, 0) is 23.1 Å². The van der Waals surface area contributed by atoms with Gasteiger partial charge in [-0.1, -0.05) is 115 Å². The fourth-order valence-corrected chi connectivity index (χ4v) is 3.78. The minimum absolute atomic E-state index is 0.0909. The molecule has 0 bridgehead atoms. The number of hydrogen-bond acceptors (Lipinski definition) is 2. The molecule has 4 rings (SSSR count). The number of ketones is 2. The molecule has 0 saturated heterocycles. The molecule has 0 aliphatic carbocycles. The first kappa shape index (κ1) is 19.5. The monoisotopic (exact) mass is 390 g/mol. The highest BCUT2D eigenvalue weighted by Gasteiger charge is 2.23. The molecule has 0 aliphatic rings. The first-order chi connectivity index (χ1) is 14.7. The van der Waals surface area contributed by atoms with Crippen LogP contribution < -0.4 is 0 Å². The Morgan fingerprint density at radius 3 is 1.57 bits per heavy atom. The Morgan fingerprint density at radius 1 is 0.533 bits per heavy atom. The fraction of sp³-hybridized carbons (Fsp3) is 0.0714. The second-order valence-electron chi connectivity index (χ2n) is 7.26. The third-order valence-electron chi connectivity index (χ3n) is 5.33. The highest BCUT2D eigenvalue weighted by atomic mass is 16.2. The maximum Gasteiger partial charge on any atom is 0.233 e. The topological polar surface area (TPSA) is 34.1 Å². The first-order valence-electron chi connectivity index (χ1n) is 10.1. The molecular weight excluding hydrogens is 368 g/mol. The zero-order valence-electron chi connectivity index (χ0n) is 16.6. The van der Waals surface area contributed by atoms with Crippen molar-refractivity contribution in [3.8, 4) is 0 Å². The van der Waals surface area contributed by atoms with Crippen LogP contribution in [0.2, 0.25) is 0 Å². The van der Waals surface area contributed by atoms with Crippen LogP contribution in [-0.4, -0.2) is 11.6 Å². The predicted octanol–water partition coefficient (Wildman–Crippen LogP) is 6.13. The van der Waals surface area contributed by atoms with Crippen molar-refractivity contribution in [3.63, 3.8) is 0 Å². The average Bonchev–Trinajstić information content (AvgIpc) is 2.83. The third kappa shape index (κ3) is 4.28. The Labute approximate surface area is 176 Å². The molecule has 2 heteroatoms. The number of benzene rings is 4. The Kier molecular flexibility index (Phi) is 5.95. The van der Waals surface area contributed by atoms with E-state index in [1.54, 1.807) is 30.3 Å². The lowest BCUT2D eigenvalue weighted by Crippen LogP contribution is -2.17. The van der Waals surface area contributed by atoms with Crippen LogP contribution in [0.5, 0.6) is 0 Å². The molecule has 146 valence electrons. The Balaban J connectivity index is 1.70. The lowest BCUT2D eigenvalue weighted by molar-refractivity contribution is 0.0816. The number of carbonyl (C=O) groups excluding carboxylic acids is 2. The van der Waals surface area contributed by atoms with Gasteiger partial charge in [-0.25, -0.2) is 0 Å². The third-order valence-corrected chi connectivity index (χ3v) is 5.33. The lowest BCUT2D eigenvalue weighted by atomic mass is 9.84. The number of carbonyl (C=O) groups is 2. The molecule has 2 nitrogen and oxygen atoms in total. The second kappa shape index (κ2) is 9.15. The largest absolute Gasteiger partial charge is 0.285 e. The molecule has 0 aromatic heterocycles. The molecule has 0 saturated carbocycles. The molecule has 0 unspecified atom stereocenters. The number of Topliss-reactive ketones (excluding diaryl/α,β-unsaturated/α-hetero) is 2. The summed E-state index contributed by atoms with van der Waals surface area (Å²) < 4.78 is 0. The zero-order chi connectivity index (χ0) is 20.8. The smallest absolute Gasteiger partial charge is 0.233 e. The van der Waals surface area contributed by atoms with Crippen molar-refractivity contribution < 1.29 is 9.59 Å². The van der Waals surface area contributed by atoms with E-state index in [0.29, 0.717) is 17.5 Å². The van der Waals surface area contributed by atoms with Crippen LogP contribution in [-0.2, 0) is 6.42 Å². The summed E-state index contributed by atoms with van der Waals surface area (Å²) >= 11 is 0. The summed E-state index contributed by atoms with van der Waals surface area (Å²) in [6.07, 6.45) is 0.637. The summed E-state index contributed by atoms with van der Waals surface area (Å²) in [5.74, 6) is -0.844. The highest BCUT2D eigenvalue weighted by molar-refractivity contribution is 6.49. The summed E-state index contributed by atoms with van der Waals surface area (Å²) in [5.41, 5.74) is 4.13. The second-order valence-corrected chi connectivity index (χ2v) is 7.26. The van der Waals surface area contributed by atoms with E-state index in [0.717, 1.165) is 5.56 Å². The van der Waals surface area contributed by atoms with Crippen molar-refractivity contribution in [2.75, 3.05) is 0 Å². The van der Waals surface area contributed by atoms with Gasteiger partial charge in [0.1, 0.15) is 0 Å². The van der Waals surface area contributed by atoms with Gasteiger partial charge in [-0.3, -0.25) is 9.59 Å². The quantitative estimate of drug-likeness (QED) is 0.281. The van der Waals surface area contributed by atoms with Crippen molar-refractivity contribution in [2.24, 2.45) is 0 Å². The molecule has 0 spiro atoms. The van der Waals surface area contributed by atoms with Crippen LogP contribution in [0, 0.1) is 0 Å². The van der Waals surface area contributed by atoms with Gasteiger partial charge in [-0.2, -0.15) is 0 Å². The summed E-state index contributed by atoms with van der Waals surface area (Å²) in [6.45, 7) is 0. The molecule has 4 aromatic carbocycles. The summed E-state index contributed by atoms with van der Waals surface area (Å²) in [6, 6.07) is 36.7. The molecule has 0 radical (unpaired) electrons. The predicted molar refractivity (Wildman–Crippen MR) is 120 cm³/mol. The van der Waals surface area contributed by atoms with E-state index in [4.69, 9.17) is 0 Å². The van der Waals surface area contributed by atoms with Crippen molar-refractivity contribution in [3.05, 3.63) is 143 Å². The minimum atomic E-state index is -0.473. The minimum Gasteiger partial charge on any atom is -0.285 e. The van der Waals surface area contributed by atoms with E-state index in [1.165, 1.54) is 11.1 Å². The first-order valence-corrected chi connectivity index (χ1v) is 10.1. The highest BCUT2D eigenvalue weighted by Crippen LogP contribution is 2.30. The van der Waals surface area contributed by atoms with Crippen molar-refractivity contribution in [2.45, 2.75) is 12.3 Å². The van der Waals surface area contributed by atoms with E-state index >= 15 is 0 Å². The van der Waals surface area contributed by atoms with E-state index in [2.05, 4.69) is 24.3 Å². The van der Waals surface area contributed by atoms with E-state index in [9.17, 15) is 9.59 Å². The molecule has 4 aromatic rings. The maximum atomic E-state index is 13.1. The molecule has 0 heterocycles. The van der Waals surface area contributed by atoms with Crippen molar-refractivity contribution in [1.82, 2.24) is 0 Å². The normalized spacial score (nSPS) is 10.7. The van der Waals surface area contributed by atoms with Crippen molar-refractivity contribution in [1.29, 1.82) is 0 Å². The van der Waals surface area contributed by atoms with Crippen LogP contribution in [0.25, 0.3) is 0 Å². The number of hydrogen-bond donors (Lipinski definition) is 0. The SMILES string of the molecule is O=C(C(=O)c1ccccc1CC(c1ccccc1)c1ccccc1)c1ccccc1. The molecule has 0 aliphatic heterocycles. The van der Waals surface area contributed by atoms with Gasteiger partial charge in [0.2, 0.25) is 11.6 Å². The van der Waals surface area contributed by atoms with Gasteiger partial charge in [0.15, 0.2) is 0 Å². The van der Waals surface area contributed by atoms with Gasteiger partial charge in [0, 0.05) is 17.0 Å². The van der Waals surface area contributed by atoms with E-state index in [-0.39, 0.29) is 5.92 Å².